The molecule has 1 aromatic rings. The molecule has 0 amide bonds. The number of hydrogen-bond donors (Lipinski definition) is 6. The number of fused-ring (bicyclic) bond motifs is 3. The monoisotopic (exact) mass is 734 g/mol. The van der Waals surface area contributed by atoms with Gasteiger partial charge in [-0.3, -0.25) is 5.32 Å². The van der Waals surface area contributed by atoms with Gasteiger partial charge >= 0.3 is 0 Å². The minimum atomic E-state index is -0.365. The summed E-state index contributed by atoms with van der Waals surface area (Å²) in [5.41, 5.74) is 10.4. The van der Waals surface area contributed by atoms with E-state index in [9.17, 15) is 15.3 Å². The highest BCUT2D eigenvalue weighted by molar-refractivity contribution is 6.03. The number of aliphatic hydroxyl groups is 4. The Kier molecular flexibility index (Phi) is 14.7. The standard InChI is InChI=1S/C44H68N4O5/c1-3-47-40(38-24-35-36(27-46-26-30(2)50)34-12-11-13-37(34)44(19-8-9-20-44)25-39(35)48-38)29-52-43-22-31(16-18-41(43)51)15-17-33-23-32(28-49)42(53-33)14-7-5-4-6-10-21-45/h16,18,22-24,30,34,36-37,40,42,46-47,49-50,53H,3-15,17,19-21,25-29,45H2,1-2H3/p+1. The molecule has 2 aliphatic heterocycles. The highest BCUT2D eigenvalue weighted by Gasteiger charge is 2.58. The van der Waals surface area contributed by atoms with E-state index in [4.69, 9.17) is 20.2 Å². The lowest BCUT2D eigenvalue weighted by molar-refractivity contribution is -0.0552. The van der Waals surface area contributed by atoms with Crippen LogP contribution in [0.15, 0.2) is 46.6 Å². The Labute approximate surface area is 319 Å². The molecule has 9 nitrogen and oxygen atoms in total. The van der Waals surface area contributed by atoms with Crippen molar-refractivity contribution < 1.29 is 24.8 Å². The zero-order chi connectivity index (χ0) is 37.2. The second-order valence-electron chi connectivity index (χ2n) is 16.7. The lowest BCUT2D eigenvalue weighted by atomic mass is 9.66. The second kappa shape index (κ2) is 19.4. The fourth-order valence-electron chi connectivity index (χ4n) is 10.3. The van der Waals surface area contributed by atoms with E-state index in [1.165, 1.54) is 75.8 Å². The lowest BCUT2D eigenvalue weighted by Gasteiger charge is -2.37. The van der Waals surface area contributed by atoms with Gasteiger partial charge in [0.2, 0.25) is 0 Å². The average molecular weight is 734 g/mol. The zero-order valence-electron chi connectivity index (χ0n) is 32.6. The van der Waals surface area contributed by atoms with Crippen LogP contribution in [0.25, 0.3) is 0 Å². The molecule has 8 N–H and O–H groups in total. The van der Waals surface area contributed by atoms with E-state index in [1.54, 1.807) is 6.07 Å². The van der Waals surface area contributed by atoms with Gasteiger partial charge in [-0.25, -0.2) is 0 Å². The first-order chi connectivity index (χ1) is 25.8. The number of nitrogens with two attached hydrogens (primary N) is 1. The van der Waals surface area contributed by atoms with Gasteiger partial charge in [0.15, 0.2) is 23.2 Å². The Morgan fingerprint density at radius 3 is 2.72 bits per heavy atom. The fraction of sp³-hybridized carbons (Fsp3) is 0.705. The Bertz CT molecular complexity index is 1400. The van der Waals surface area contributed by atoms with Crippen molar-refractivity contribution in [1.29, 1.82) is 0 Å². The number of aliphatic hydroxyl groups excluding tert-OH is 2. The maximum atomic E-state index is 10.9. The van der Waals surface area contributed by atoms with Crippen LogP contribution in [-0.2, 0) is 6.42 Å². The first kappa shape index (κ1) is 40.1. The van der Waals surface area contributed by atoms with Crippen molar-refractivity contribution in [3.8, 4) is 11.5 Å². The number of benzene rings is 1. The van der Waals surface area contributed by atoms with Crippen LogP contribution in [0.5, 0.6) is 11.5 Å². The summed E-state index contributed by atoms with van der Waals surface area (Å²) in [5.74, 6) is 3.86. The number of rotatable bonds is 21. The van der Waals surface area contributed by atoms with Crippen LogP contribution in [0, 0.1) is 35.2 Å². The highest BCUT2D eigenvalue weighted by Crippen LogP contribution is 2.61. The minimum Gasteiger partial charge on any atom is -0.504 e. The summed E-state index contributed by atoms with van der Waals surface area (Å²) in [5, 5.41) is 38.1. The predicted molar refractivity (Wildman–Crippen MR) is 214 cm³/mol. The maximum Gasteiger partial charge on any atom is 0.196 e. The quantitative estimate of drug-likeness (QED) is 0.0500. The number of aryl methyl sites for hydroxylation is 1. The van der Waals surface area contributed by atoms with E-state index < -0.39 is 0 Å². The third kappa shape index (κ3) is 10.0. The Morgan fingerprint density at radius 1 is 1.13 bits per heavy atom. The van der Waals surface area contributed by atoms with Crippen molar-refractivity contribution >= 4 is 5.71 Å². The molecule has 0 bridgehead atoms. The Morgan fingerprint density at radius 2 is 1.94 bits per heavy atom. The van der Waals surface area contributed by atoms with Gasteiger partial charge in [0.1, 0.15) is 30.4 Å². The molecule has 6 atom stereocenters. The van der Waals surface area contributed by atoms with Crippen LogP contribution in [-0.4, -0.2) is 83.4 Å². The largest absolute Gasteiger partial charge is 0.504 e. The molecule has 1 aromatic carbocycles. The number of nitrogens with one attached hydrogen (secondary N) is 2. The van der Waals surface area contributed by atoms with Crippen LogP contribution in [0.2, 0.25) is 0 Å². The number of allylic oxidation sites excluding steroid dienone is 1. The number of unbranched alkanes of at least 4 members (excludes halogenated alkanes) is 4. The molecule has 2 heterocycles. The third-order valence-corrected chi connectivity index (χ3v) is 13.0. The van der Waals surface area contributed by atoms with Gasteiger partial charge in [-0.05, 0) is 106 Å². The van der Waals surface area contributed by atoms with E-state index in [0.29, 0.717) is 36.2 Å². The number of phenolic OH excluding ortho intramolecular Hbond substituents is 1. The summed E-state index contributed by atoms with van der Waals surface area (Å²) in [6.45, 7) is 7.43. The molecule has 294 valence electrons. The summed E-state index contributed by atoms with van der Waals surface area (Å²) in [6.07, 6.45) is 23.9. The molecule has 0 radical (unpaired) electrons. The summed E-state index contributed by atoms with van der Waals surface area (Å²) >= 11 is 0. The average Bonchev–Trinajstić information content (AvgIpc) is 3.97. The third-order valence-electron chi connectivity index (χ3n) is 13.0. The first-order valence-corrected chi connectivity index (χ1v) is 21.2. The molecule has 0 saturated heterocycles. The fourth-order valence-corrected chi connectivity index (χ4v) is 10.3. The molecule has 0 aromatic heterocycles. The van der Waals surface area contributed by atoms with E-state index >= 15 is 0 Å². The summed E-state index contributed by atoms with van der Waals surface area (Å²) in [6, 6.07) is 5.56. The van der Waals surface area contributed by atoms with Gasteiger partial charge in [-0.15, -0.1) is 16.6 Å². The van der Waals surface area contributed by atoms with E-state index in [1.807, 2.05) is 19.1 Å². The van der Waals surface area contributed by atoms with Crippen LogP contribution >= 0.6 is 0 Å². The van der Waals surface area contributed by atoms with Crippen LogP contribution in [0.4, 0.5) is 0 Å². The molecule has 1 spiro atoms. The first-order valence-electron chi connectivity index (χ1n) is 21.2. The topological polar surface area (TPSA) is 145 Å². The molecule has 3 aliphatic carbocycles. The molecular formula is C44H69N4O5+. The van der Waals surface area contributed by atoms with Crippen molar-refractivity contribution in [1.82, 2.24) is 10.6 Å². The van der Waals surface area contributed by atoms with Gasteiger partial charge in [0, 0.05) is 32.5 Å². The SMILES string of the molecule is CCNC(COc1cc(CC[C-]2C=C(CO)C(CCCCCCCN)[OH+]2)ccc1O)C1=C[C+]2C(=N1)CC1(CCCC1)C1CCCC1C2CNCC(C)O. The molecule has 3 saturated carbocycles. The van der Waals surface area contributed by atoms with Crippen molar-refractivity contribution in [3.05, 3.63) is 59.2 Å². The van der Waals surface area contributed by atoms with E-state index in [2.05, 4.69) is 29.7 Å². The second-order valence-corrected chi connectivity index (χ2v) is 16.7. The predicted octanol–water partition coefficient (Wildman–Crippen LogP) is 6.22. The van der Waals surface area contributed by atoms with Gasteiger partial charge < -0.3 is 35.8 Å². The molecule has 5 aliphatic rings. The van der Waals surface area contributed by atoms with Gasteiger partial charge in [0.25, 0.3) is 0 Å². The normalized spacial score (nSPS) is 25.9. The molecule has 9 heteroatoms. The summed E-state index contributed by atoms with van der Waals surface area (Å²) < 4.78 is 11.4. The number of phenols is 1. The molecule has 6 unspecified atom stereocenters. The van der Waals surface area contributed by atoms with Crippen LogP contribution in [0.1, 0.15) is 116 Å². The Balaban J connectivity index is 1.09. The van der Waals surface area contributed by atoms with Crippen LogP contribution < -0.4 is 21.1 Å². The molecule has 53 heavy (non-hydrogen) atoms. The highest BCUT2D eigenvalue weighted by atomic mass is 16.5. The van der Waals surface area contributed by atoms with Crippen molar-refractivity contribution in [2.45, 2.75) is 135 Å². The van der Waals surface area contributed by atoms with Crippen LogP contribution in [0.3, 0.4) is 0 Å². The number of likely N-dealkylation sites (N-methyl/N-ethyl adjacent to an activating group) is 1. The lowest BCUT2D eigenvalue weighted by Crippen LogP contribution is -2.38. The zero-order valence-corrected chi connectivity index (χ0v) is 32.6. The van der Waals surface area contributed by atoms with Gasteiger partial charge in [-0.2, -0.15) is 0 Å². The number of ether oxygens (including phenoxy) is 2. The summed E-state index contributed by atoms with van der Waals surface area (Å²) in [7, 11) is 0. The van der Waals surface area contributed by atoms with Crippen molar-refractivity contribution in [2.24, 2.45) is 33.9 Å². The number of aromatic hydroxyl groups is 1. The molecule has 3 fully saturated rings. The molecular weight excluding hydrogens is 665 g/mol. The van der Waals surface area contributed by atoms with Crippen molar-refractivity contribution in [3.63, 3.8) is 0 Å². The number of aliphatic imine (C=N–C) groups is 1. The maximum absolute atomic E-state index is 10.9. The van der Waals surface area contributed by atoms with Gasteiger partial charge in [0.05, 0.1) is 18.1 Å². The minimum absolute atomic E-state index is 0.0543. The Hall–Kier alpha value is -2.53. The van der Waals surface area contributed by atoms with Crippen molar-refractivity contribution in [2.75, 3.05) is 39.4 Å². The van der Waals surface area contributed by atoms with E-state index in [-0.39, 0.29) is 30.6 Å². The number of hydrogen-bond acceptors (Lipinski definition) is 8. The molecule has 6 rings (SSSR count). The van der Waals surface area contributed by atoms with Gasteiger partial charge in [-0.1, -0.05) is 51.5 Å². The van der Waals surface area contributed by atoms with E-state index in [0.717, 1.165) is 87.0 Å². The number of nitrogens with zero attached hydrogens (tertiary/aromatic N) is 1. The summed E-state index contributed by atoms with van der Waals surface area (Å²) in [4.78, 5) is 5.43. The smallest absolute Gasteiger partial charge is 0.196 e.